The van der Waals surface area contributed by atoms with Gasteiger partial charge in [-0.1, -0.05) is 97.8 Å². The average Bonchev–Trinajstić information content (AvgIpc) is 3.07. The van der Waals surface area contributed by atoms with Gasteiger partial charge in [0.1, 0.15) is 5.75 Å². The van der Waals surface area contributed by atoms with Gasteiger partial charge in [-0.3, -0.25) is 9.69 Å². The van der Waals surface area contributed by atoms with E-state index in [1.165, 1.54) is 0 Å². The number of nitrogens with one attached hydrogen (secondary N) is 1. The van der Waals surface area contributed by atoms with Gasteiger partial charge in [0.15, 0.2) is 0 Å². The third-order valence-corrected chi connectivity index (χ3v) is 8.34. The van der Waals surface area contributed by atoms with Gasteiger partial charge in [0.05, 0.1) is 19.2 Å². The molecule has 4 aromatic rings. The van der Waals surface area contributed by atoms with Crippen LogP contribution in [0.3, 0.4) is 0 Å². The fourth-order valence-corrected chi connectivity index (χ4v) is 6.01. The van der Waals surface area contributed by atoms with E-state index in [0.717, 1.165) is 47.9 Å². The Kier molecular flexibility index (Phi) is 10.8. The number of ether oxygens (including phenoxy) is 1. The van der Waals surface area contributed by atoms with E-state index in [2.05, 4.69) is 17.4 Å². The van der Waals surface area contributed by atoms with Gasteiger partial charge < -0.3 is 20.3 Å². The zero-order valence-corrected chi connectivity index (χ0v) is 24.8. The first-order valence-electron chi connectivity index (χ1n) is 15.3. The Hall–Kier alpha value is -4.46. The lowest BCUT2D eigenvalue weighted by Crippen LogP contribution is -2.39. The largest absolute Gasteiger partial charge is 0.420 e. The summed E-state index contributed by atoms with van der Waals surface area (Å²) in [5.74, 6) is 0.302. The average molecular weight is 593 g/mol. The number of hydrogen-bond acceptors (Lipinski definition) is 5. The van der Waals surface area contributed by atoms with Crippen LogP contribution in [0.5, 0.6) is 5.75 Å². The highest BCUT2D eigenvalue weighted by Gasteiger charge is 2.33. The molecule has 228 valence electrons. The van der Waals surface area contributed by atoms with Crippen LogP contribution in [-0.4, -0.2) is 35.4 Å². The summed E-state index contributed by atoms with van der Waals surface area (Å²) in [6.45, 7) is 0.173. The Morgan fingerprint density at radius 3 is 2.23 bits per heavy atom. The van der Waals surface area contributed by atoms with E-state index in [1.807, 2.05) is 84.9 Å². The molecule has 0 unspecified atom stereocenters. The van der Waals surface area contributed by atoms with Gasteiger partial charge in [-0.2, -0.15) is 0 Å². The molecule has 7 nitrogen and oxygen atoms in total. The fourth-order valence-electron chi connectivity index (χ4n) is 6.01. The quantitative estimate of drug-likeness (QED) is 0.183. The van der Waals surface area contributed by atoms with Crippen molar-refractivity contribution in [3.63, 3.8) is 0 Å². The van der Waals surface area contributed by atoms with Crippen molar-refractivity contribution in [3.05, 3.63) is 131 Å². The molecule has 4 aromatic carbocycles. The molecule has 3 N–H and O–H groups in total. The van der Waals surface area contributed by atoms with Crippen molar-refractivity contribution in [2.75, 3.05) is 18.1 Å². The summed E-state index contributed by atoms with van der Waals surface area (Å²) in [5, 5.41) is 22.4. The van der Waals surface area contributed by atoms with Crippen LogP contribution in [-0.2, 0) is 17.8 Å². The number of benzene rings is 4. The fraction of sp³-hybridized carbons (Fsp3) is 0.297. The molecule has 0 saturated heterocycles. The van der Waals surface area contributed by atoms with Gasteiger partial charge >= 0.3 is 6.09 Å². The molecular weight excluding hydrogens is 552 g/mol. The molecule has 0 radical (unpaired) electrons. The molecule has 3 atom stereocenters. The highest BCUT2D eigenvalue weighted by atomic mass is 16.6. The summed E-state index contributed by atoms with van der Waals surface area (Å²) in [4.78, 5) is 28.5. The summed E-state index contributed by atoms with van der Waals surface area (Å²) < 4.78 is 5.77. The van der Waals surface area contributed by atoms with Crippen molar-refractivity contribution in [2.24, 2.45) is 5.92 Å². The molecule has 0 aliphatic heterocycles. The van der Waals surface area contributed by atoms with Crippen LogP contribution in [0.1, 0.15) is 59.9 Å². The van der Waals surface area contributed by atoms with Gasteiger partial charge in [0, 0.05) is 18.2 Å². The number of hydrogen-bond donors (Lipinski definition) is 3. The van der Waals surface area contributed by atoms with Crippen LogP contribution in [0.4, 0.5) is 10.5 Å². The van der Waals surface area contributed by atoms with Crippen molar-refractivity contribution in [3.8, 4) is 5.75 Å². The SMILES string of the molecule is O=C(N[C@@H](CO)c1ccccc1)[C@H]1CCCC[C@@H]1c1ccc(CN(C(=O)Oc2cccc(CCO)c2)c2ccccc2)cc1. The number of rotatable bonds is 11. The number of anilines is 1. The highest BCUT2D eigenvalue weighted by Crippen LogP contribution is 2.38. The van der Waals surface area contributed by atoms with Crippen LogP contribution in [0, 0.1) is 5.92 Å². The molecule has 2 amide bonds. The van der Waals surface area contributed by atoms with Crippen molar-refractivity contribution in [1.82, 2.24) is 5.32 Å². The second-order valence-electron chi connectivity index (χ2n) is 11.3. The Labute approximate surface area is 259 Å². The van der Waals surface area contributed by atoms with Crippen LogP contribution in [0.15, 0.2) is 109 Å². The highest BCUT2D eigenvalue weighted by molar-refractivity contribution is 5.89. The van der Waals surface area contributed by atoms with Crippen LogP contribution in [0.25, 0.3) is 0 Å². The zero-order valence-electron chi connectivity index (χ0n) is 24.8. The van der Waals surface area contributed by atoms with E-state index in [1.54, 1.807) is 17.0 Å². The van der Waals surface area contributed by atoms with Crippen LogP contribution in [0.2, 0.25) is 0 Å². The van der Waals surface area contributed by atoms with E-state index < -0.39 is 12.1 Å². The third-order valence-electron chi connectivity index (χ3n) is 8.34. The zero-order chi connectivity index (χ0) is 30.7. The van der Waals surface area contributed by atoms with Gasteiger partial charge in [0.2, 0.25) is 5.91 Å². The van der Waals surface area contributed by atoms with E-state index >= 15 is 0 Å². The Bertz CT molecular complexity index is 1490. The number of carbonyl (C=O) groups excluding carboxylic acids is 2. The van der Waals surface area contributed by atoms with Gasteiger partial charge in [0.25, 0.3) is 0 Å². The molecule has 5 rings (SSSR count). The maximum absolute atomic E-state index is 13.5. The molecule has 0 spiro atoms. The molecule has 44 heavy (non-hydrogen) atoms. The number of carbonyl (C=O) groups is 2. The summed E-state index contributed by atoms with van der Waals surface area (Å²) >= 11 is 0. The topological polar surface area (TPSA) is 99.1 Å². The van der Waals surface area contributed by atoms with Crippen LogP contribution >= 0.6 is 0 Å². The Morgan fingerprint density at radius 2 is 1.52 bits per heavy atom. The second kappa shape index (κ2) is 15.3. The van der Waals surface area contributed by atoms with E-state index in [0.29, 0.717) is 24.4 Å². The third kappa shape index (κ3) is 7.92. The number of nitrogens with zero attached hydrogens (tertiary/aromatic N) is 1. The minimum Gasteiger partial charge on any atom is -0.410 e. The monoisotopic (exact) mass is 592 g/mol. The minimum absolute atomic E-state index is 0.0205. The summed E-state index contributed by atoms with van der Waals surface area (Å²) in [7, 11) is 0. The predicted octanol–water partition coefficient (Wildman–Crippen LogP) is 6.55. The molecule has 1 aliphatic carbocycles. The molecule has 7 heteroatoms. The number of aliphatic hydroxyl groups is 2. The van der Waals surface area contributed by atoms with Gasteiger partial charge in [-0.25, -0.2) is 4.79 Å². The molecular formula is C37H40N2O5. The normalized spacial score (nSPS) is 17.0. The Morgan fingerprint density at radius 1 is 0.818 bits per heavy atom. The number of amides is 2. The van der Waals surface area contributed by atoms with E-state index in [4.69, 9.17) is 4.74 Å². The van der Waals surface area contributed by atoms with E-state index in [9.17, 15) is 19.8 Å². The lowest BCUT2D eigenvalue weighted by molar-refractivity contribution is -0.127. The first-order chi connectivity index (χ1) is 21.6. The minimum atomic E-state index is -0.498. The van der Waals surface area contributed by atoms with Crippen molar-refractivity contribution >= 4 is 17.7 Å². The van der Waals surface area contributed by atoms with Gasteiger partial charge in [-0.05, 0) is 71.7 Å². The molecule has 1 fully saturated rings. The second-order valence-corrected chi connectivity index (χ2v) is 11.3. The van der Waals surface area contributed by atoms with E-state index in [-0.39, 0.29) is 31.0 Å². The molecule has 0 bridgehead atoms. The number of para-hydroxylation sites is 1. The molecule has 1 aliphatic rings. The summed E-state index contributed by atoms with van der Waals surface area (Å²) in [5.41, 5.74) is 4.53. The first kappa shape index (κ1) is 31.0. The number of aliphatic hydroxyl groups excluding tert-OH is 2. The lowest BCUT2D eigenvalue weighted by atomic mass is 9.74. The maximum Gasteiger partial charge on any atom is 0.420 e. The van der Waals surface area contributed by atoms with Gasteiger partial charge in [-0.15, -0.1) is 0 Å². The van der Waals surface area contributed by atoms with Crippen molar-refractivity contribution in [1.29, 1.82) is 0 Å². The van der Waals surface area contributed by atoms with Crippen molar-refractivity contribution in [2.45, 2.75) is 50.6 Å². The molecule has 0 heterocycles. The maximum atomic E-state index is 13.5. The predicted molar refractivity (Wildman–Crippen MR) is 171 cm³/mol. The standard InChI is InChI=1S/C37H40N2O5/c40-23-22-27-10-9-15-32(24-27)44-37(43)39(31-13-5-2-6-14-31)25-28-18-20-29(21-19-28)33-16-7-8-17-34(33)36(42)38-35(26-41)30-11-3-1-4-12-30/h1-6,9-15,18-21,24,33-35,40-41H,7-8,16-17,22-23,25-26H2,(H,38,42)/t33-,34+,35+/m1/s1. The Balaban J connectivity index is 1.30. The summed E-state index contributed by atoms with van der Waals surface area (Å²) in [6, 6.07) is 33.9. The first-order valence-corrected chi connectivity index (χ1v) is 15.3. The van der Waals surface area contributed by atoms with Crippen molar-refractivity contribution < 1.29 is 24.5 Å². The lowest BCUT2D eigenvalue weighted by Gasteiger charge is -2.32. The van der Waals surface area contributed by atoms with Crippen LogP contribution < -0.4 is 15.0 Å². The smallest absolute Gasteiger partial charge is 0.410 e. The molecule has 1 saturated carbocycles. The summed E-state index contributed by atoms with van der Waals surface area (Å²) in [6.07, 6.45) is 3.77. The molecule has 0 aromatic heterocycles.